The highest BCUT2D eigenvalue weighted by molar-refractivity contribution is 9.10. The van der Waals surface area contributed by atoms with Crippen LogP contribution in [0, 0.1) is 0 Å². The first-order chi connectivity index (χ1) is 16.4. The highest BCUT2D eigenvalue weighted by atomic mass is 79.9. The third kappa shape index (κ3) is 5.99. The molecule has 1 heterocycles. The maximum absolute atomic E-state index is 12.8. The van der Waals surface area contributed by atoms with Gasteiger partial charge in [-0.2, -0.15) is 0 Å². The molecule has 1 aliphatic heterocycles. The highest BCUT2D eigenvalue weighted by Gasteiger charge is 2.31. The van der Waals surface area contributed by atoms with Crippen molar-refractivity contribution in [3.05, 3.63) is 52.0 Å². The Balaban J connectivity index is 1.54. The second-order valence-electron chi connectivity index (χ2n) is 7.62. The van der Waals surface area contributed by atoms with E-state index in [0.717, 1.165) is 10.0 Å². The molecule has 1 N–H and O–H groups in total. The third-order valence-electron chi connectivity index (χ3n) is 5.45. The summed E-state index contributed by atoms with van der Waals surface area (Å²) in [6.07, 6.45) is 1.28. The fraction of sp³-hybridized carbons (Fsp3) is 0.375. The van der Waals surface area contributed by atoms with Crippen LogP contribution in [0.1, 0.15) is 28.8 Å². The second kappa shape index (κ2) is 11.7. The Labute approximate surface area is 207 Å². The molecule has 2 aromatic rings. The van der Waals surface area contributed by atoms with Crippen LogP contribution >= 0.6 is 15.9 Å². The molecular weight excluding hydrogens is 506 g/mol. The van der Waals surface area contributed by atoms with Crippen molar-refractivity contribution in [2.75, 3.05) is 41.0 Å². The number of benzene rings is 2. The summed E-state index contributed by atoms with van der Waals surface area (Å²) >= 11 is 3.35. The summed E-state index contributed by atoms with van der Waals surface area (Å²) in [5, 5.41) is 5.50. The topological polar surface area (TPSA) is 97.4 Å². The Morgan fingerprint density at radius 2 is 1.56 bits per heavy atom. The standard InChI is InChI=1S/C24H28BrN3O6/c1-32-19-13-16(14-20(33-2)23(19)34-3)5-10-21(29)26-15-22(30)27-11-4-12-28(27)24(31)17-6-8-18(25)9-7-17/h6-9,13-14H,4-5,10-12,15H2,1-3H3,(H,26,29). The molecule has 9 nitrogen and oxygen atoms in total. The van der Waals surface area contributed by atoms with Gasteiger partial charge in [0.2, 0.25) is 11.7 Å². The van der Waals surface area contributed by atoms with Crippen molar-refractivity contribution in [3.63, 3.8) is 0 Å². The molecule has 3 amide bonds. The SMILES string of the molecule is COc1cc(CCC(=O)NCC(=O)N2CCCN2C(=O)c2ccc(Br)cc2)cc(OC)c1OC. The van der Waals surface area contributed by atoms with Crippen molar-refractivity contribution < 1.29 is 28.6 Å². The summed E-state index contributed by atoms with van der Waals surface area (Å²) in [5.74, 6) is 0.661. The van der Waals surface area contributed by atoms with E-state index in [1.807, 2.05) is 0 Å². The lowest BCUT2D eigenvalue weighted by molar-refractivity contribution is -0.141. The molecule has 0 spiro atoms. The number of ether oxygens (including phenoxy) is 3. The number of carbonyl (C=O) groups is 3. The molecule has 10 heteroatoms. The van der Waals surface area contributed by atoms with Crippen LogP contribution in [0.3, 0.4) is 0 Å². The molecule has 0 saturated carbocycles. The monoisotopic (exact) mass is 533 g/mol. The minimum Gasteiger partial charge on any atom is -0.493 e. The quantitative estimate of drug-likeness (QED) is 0.532. The van der Waals surface area contributed by atoms with Gasteiger partial charge < -0.3 is 19.5 Å². The lowest BCUT2D eigenvalue weighted by atomic mass is 10.1. The Hall–Kier alpha value is -3.27. The summed E-state index contributed by atoms with van der Waals surface area (Å²) in [7, 11) is 4.59. The average molecular weight is 534 g/mol. The van der Waals surface area contributed by atoms with Gasteiger partial charge in [0, 0.05) is 29.5 Å². The third-order valence-corrected chi connectivity index (χ3v) is 5.98. The minimum atomic E-state index is -0.330. The molecule has 0 unspecified atom stereocenters. The van der Waals surface area contributed by atoms with Gasteiger partial charge in [0.15, 0.2) is 11.5 Å². The number of aryl methyl sites for hydroxylation is 1. The first-order valence-electron chi connectivity index (χ1n) is 10.8. The maximum Gasteiger partial charge on any atom is 0.272 e. The lowest BCUT2D eigenvalue weighted by Crippen LogP contribution is -2.48. The van der Waals surface area contributed by atoms with Crippen molar-refractivity contribution >= 4 is 33.7 Å². The van der Waals surface area contributed by atoms with Crippen molar-refractivity contribution in [1.29, 1.82) is 0 Å². The van der Waals surface area contributed by atoms with Crippen molar-refractivity contribution in [2.45, 2.75) is 19.3 Å². The number of hydrazine groups is 1. The fourth-order valence-corrected chi connectivity index (χ4v) is 3.98. The fourth-order valence-electron chi connectivity index (χ4n) is 3.72. The van der Waals surface area contributed by atoms with Gasteiger partial charge in [-0.15, -0.1) is 0 Å². The molecule has 3 rings (SSSR count). The van der Waals surface area contributed by atoms with Crippen LogP contribution in [0.5, 0.6) is 17.2 Å². The molecule has 0 aromatic heterocycles. The van der Waals surface area contributed by atoms with Crippen molar-refractivity contribution in [1.82, 2.24) is 15.3 Å². The first kappa shape index (κ1) is 25.4. The van der Waals surface area contributed by atoms with Gasteiger partial charge in [-0.1, -0.05) is 15.9 Å². The number of rotatable bonds is 9. The Morgan fingerprint density at radius 3 is 2.15 bits per heavy atom. The van der Waals surface area contributed by atoms with Crippen LogP contribution in [0.4, 0.5) is 0 Å². The number of hydrogen-bond acceptors (Lipinski definition) is 6. The van der Waals surface area contributed by atoms with Gasteiger partial charge >= 0.3 is 0 Å². The largest absolute Gasteiger partial charge is 0.493 e. The zero-order valence-electron chi connectivity index (χ0n) is 19.4. The summed E-state index contributed by atoms with van der Waals surface area (Å²) < 4.78 is 16.9. The van der Waals surface area contributed by atoms with E-state index in [-0.39, 0.29) is 30.7 Å². The molecule has 2 aromatic carbocycles. The zero-order chi connectivity index (χ0) is 24.7. The summed E-state index contributed by atoms with van der Waals surface area (Å²) in [5.41, 5.74) is 1.33. The van der Waals surface area contributed by atoms with Gasteiger partial charge in [0.1, 0.15) is 0 Å². The zero-order valence-corrected chi connectivity index (χ0v) is 21.0. The Bertz CT molecular complexity index is 1020. The van der Waals surface area contributed by atoms with Crippen LogP contribution in [0.2, 0.25) is 0 Å². The summed E-state index contributed by atoms with van der Waals surface area (Å²) in [4.78, 5) is 37.9. The minimum absolute atomic E-state index is 0.174. The molecule has 0 radical (unpaired) electrons. The molecule has 1 fully saturated rings. The van der Waals surface area contributed by atoms with E-state index in [2.05, 4.69) is 21.2 Å². The Kier molecular flexibility index (Phi) is 8.75. The van der Waals surface area contributed by atoms with Crippen LogP contribution in [0.15, 0.2) is 40.9 Å². The van der Waals surface area contributed by atoms with E-state index in [4.69, 9.17) is 14.2 Å². The number of amides is 3. The molecule has 34 heavy (non-hydrogen) atoms. The predicted octanol–water partition coefficient (Wildman–Crippen LogP) is 2.81. The number of halogens is 1. The van der Waals surface area contributed by atoms with E-state index in [0.29, 0.717) is 48.7 Å². The van der Waals surface area contributed by atoms with Gasteiger partial charge in [-0.25, -0.2) is 10.0 Å². The van der Waals surface area contributed by atoms with E-state index in [9.17, 15) is 14.4 Å². The Morgan fingerprint density at radius 1 is 0.941 bits per heavy atom. The number of nitrogens with zero attached hydrogens (tertiary/aromatic N) is 2. The molecule has 0 bridgehead atoms. The number of hydrogen-bond donors (Lipinski definition) is 1. The van der Waals surface area contributed by atoms with Crippen LogP contribution in [-0.2, 0) is 16.0 Å². The second-order valence-corrected chi connectivity index (χ2v) is 8.53. The van der Waals surface area contributed by atoms with Crippen LogP contribution < -0.4 is 19.5 Å². The van der Waals surface area contributed by atoms with Gasteiger partial charge in [-0.05, 0) is 54.8 Å². The van der Waals surface area contributed by atoms with Crippen molar-refractivity contribution in [3.8, 4) is 17.2 Å². The van der Waals surface area contributed by atoms with Crippen molar-refractivity contribution in [2.24, 2.45) is 0 Å². The molecular formula is C24H28BrN3O6. The lowest BCUT2D eigenvalue weighted by Gasteiger charge is -2.28. The molecule has 1 saturated heterocycles. The summed E-state index contributed by atoms with van der Waals surface area (Å²) in [6, 6.07) is 10.6. The normalized spacial score (nSPS) is 12.9. The van der Waals surface area contributed by atoms with Gasteiger partial charge in [-0.3, -0.25) is 14.4 Å². The molecule has 1 aliphatic rings. The molecule has 182 valence electrons. The maximum atomic E-state index is 12.8. The number of nitrogens with one attached hydrogen (secondary N) is 1. The van der Waals surface area contributed by atoms with Crippen LogP contribution in [0.25, 0.3) is 0 Å². The summed E-state index contributed by atoms with van der Waals surface area (Å²) in [6.45, 7) is 0.705. The number of methoxy groups -OCH3 is 3. The predicted molar refractivity (Wildman–Crippen MR) is 129 cm³/mol. The molecule has 0 atom stereocenters. The smallest absolute Gasteiger partial charge is 0.272 e. The van der Waals surface area contributed by atoms with Gasteiger partial charge in [0.05, 0.1) is 27.9 Å². The van der Waals surface area contributed by atoms with E-state index in [1.54, 1.807) is 36.4 Å². The first-order valence-corrected chi connectivity index (χ1v) is 11.6. The molecule has 0 aliphatic carbocycles. The van der Waals surface area contributed by atoms with E-state index in [1.165, 1.54) is 31.3 Å². The number of carbonyl (C=O) groups excluding carboxylic acids is 3. The van der Waals surface area contributed by atoms with Gasteiger partial charge in [0.25, 0.3) is 11.8 Å². The van der Waals surface area contributed by atoms with E-state index >= 15 is 0 Å². The highest BCUT2D eigenvalue weighted by Crippen LogP contribution is 2.38. The van der Waals surface area contributed by atoms with E-state index < -0.39 is 0 Å². The van der Waals surface area contributed by atoms with Crippen LogP contribution in [-0.4, -0.2) is 68.7 Å². The average Bonchev–Trinajstić information content (AvgIpc) is 3.35.